The highest BCUT2D eigenvalue weighted by atomic mass is 35.5. The number of hydrogen-bond donors (Lipinski definition) is 1. The fraction of sp³-hybridized carbons (Fsp3) is 0.136. The summed E-state index contributed by atoms with van der Waals surface area (Å²) in [5.41, 5.74) is 6.52. The van der Waals surface area contributed by atoms with Gasteiger partial charge in [0.1, 0.15) is 0 Å². The van der Waals surface area contributed by atoms with Gasteiger partial charge in [-0.25, -0.2) is 10.4 Å². The summed E-state index contributed by atoms with van der Waals surface area (Å²) in [4.78, 5) is 17.0. The van der Waals surface area contributed by atoms with Gasteiger partial charge in [-0.1, -0.05) is 47.6 Å². The summed E-state index contributed by atoms with van der Waals surface area (Å²) in [6, 6.07) is 19.5. The van der Waals surface area contributed by atoms with E-state index in [2.05, 4.69) is 15.1 Å². The van der Waals surface area contributed by atoms with E-state index in [-0.39, 0.29) is 11.7 Å². The van der Waals surface area contributed by atoms with Crippen molar-refractivity contribution in [3.63, 3.8) is 0 Å². The lowest BCUT2D eigenvalue weighted by atomic mass is 10.2. The Labute approximate surface area is 183 Å². The quantitative estimate of drug-likeness (QED) is 0.266. The van der Waals surface area contributed by atoms with E-state index in [1.165, 1.54) is 11.8 Å². The van der Waals surface area contributed by atoms with Crippen LogP contribution in [0.1, 0.15) is 11.3 Å². The Bertz CT molecular complexity index is 1200. The molecule has 1 amide bonds. The van der Waals surface area contributed by atoms with Gasteiger partial charge in [0.15, 0.2) is 5.16 Å². The molecule has 0 saturated carbocycles. The first-order valence-electron chi connectivity index (χ1n) is 9.36. The molecule has 0 atom stereocenters. The number of para-hydroxylation sites is 2. The highest BCUT2D eigenvalue weighted by Gasteiger charge is 2.13. The highest BCUT2D eigenvalue weighted by Crippen LogP contribution is 2.25. The molecule has 8 heteroatoms. The molecule has 30 heavy (non-hydrogen) atoms. The fourth-order valence-corrected chi connectivity index (χ4v) is 3.96. The molecule has 4 rings (SSSR count). The molecule has 4 aromatic rings. The van der Waals surface area contributed by atoms with Crippen molar-refractivity contribution >= 4 is 46.5 Å². The molecule has 2 heterocycles. The van der Waals surface area contributed by atoms with Crippen LogP contribution < -0.4 is 5.43 Å². The third-order valence-electron chi connectivity index (χ3n) is 4.58. The highest BCUT2D eigenvalue weighted by molar-refractivity contribution is 7.99. The second-order valence-corrected chi connectivity index (χ2v) is 8.10. The summed E-state index contributed by atoms with van der Waals surface area (Å²) in [6.07, 6.45) is 3.54. The zero-order valence-corrected chi connectivity index (χ0v) is 17.9. The molecule has 0 unspecified atom stereocenters. The van der Waals surface area contributed by atoms with E-state index in [4.69, 9.17) is 16.6 Å². The molecular formula is C22H20ClN5OS. The number of imidazole rings is 1. The normalized spacial score (nSPS) is 11.4. The lowest BCUT2D eigenvalue weighted by molar-refractivity contribution is -0.118. The van der Waals surface area contributed by atoms with Gasteiger partial charge in [-0.05, 0) is 42.0 Å². The topological polar surface area (TPSA) is 64.2 Å². The van der Waals surface area contributed by atoms with Crippen LogP contribution in [0.5, 0.6) is 0 Å². The standard InChI is InChI=1S/C22H20ClN5OS/c1-27-12-4-5-18(27)13-24-26-21(29)15-30-22-25-19-6-2-3-7-20(19)28(22)14-16-8-10-17(23)11-9-16/h2-13H,14-15H2,1H3,(H,26,29)/b24-13-. The molecule has 0 fully saturated rings. The Balaban J connectivity index is 1.46. The van der Waals surface area contributed by atoms with Crippen molar-refractivity contribution < 1.29 is 4.79 Å². The smallest absolute Gasteiger partial charge is 0.250 e. The minimum absolute atomic E-state index is 0.185. The van der Waals surface area contributed by atoms with E-state index in [9.17, 15) is 4.79 Å². The summed E-state index contributed by atoms with van der Waals surface area (Å²) in [6.45, 7) is 0.646. The molecule has 0 radical (unpaired) electrons. The molecule has 0 spiro atoms. The summed E-state index contributed by atoms with van der Waals surface area (Å²) >= 11 is 7.40. The molecule has 0 bridgehead atoms. The summed E-state index contributed by atoms with van der Waals surface area (Å²) in [5.74, 6) is 0.0320. The Morgan fingerprint density at radius 2 is 1.97 bits per heavy atom. The van der Waals surface area contributed by atoms with E-state index in [0.717, 1.165) is 27.4 Å². The third kappa shape index (κ3) is 4.75. The van der Waals surface area contributed by atoms with Crippen molar-refractivity contribution in [3.05, 3.63) is 83.1 Å². The van der Waals surface area contributed by atoms with Crippen molar-refractivity contribution in [2.45, 2.75) is 11.7 Å². The monoisotopic (exact) mass is 437 g/mol. The van der Waals surface area contributed by atoms with Crippen LogP contribution in [0.3, 0.4) is 0 Å². The fourth-order valence-electron chi connectivity index (χ4n) is 3.03. The zero-order valence-electron chi connectivity index (χ0n) is 16.3. The lowest BCUT2D eigenvalue weighted by Gasteiger charge is -2.09. The van der Waals surface area contributed by atoms with Crippen LogP contribution in [0, 0.1) is 0 Å². The van der Waals surface area contributed by atoms with Gasteiger partial charge in [-0.15, -0.1) is 0 Å². The van der Waals surface area contributed by atoms with Gasteiger partial charge in [0.2, 0.25) is 0 Å². The number of amides is 1. The van der Waals surface area contributed by atoms with Gasteiger partial charge in [0, 0.05) is 18.3 Å². The summed E-state index contributed by atoms with van der Waals surface area (Å²) in [7, 11) is 1.92. The summed E-state index contributed by atoms with van der Waals surface area (Å²) < 4.78 is 4.04. The Kier molecular flexibility index (Phi) is 6.21. The average Bonchev–Trinajstić information content (AvgIpc) is 3.31. The number of carbonyl (C=O) groups excluding carboxylic acids is 1. The number of halogens is 1. The third-order valence-corrected chi connectivity index (χ3v) is 5.80. The zero-order chi connectivity index (χ0) is 20.9. The van der Waals surface area contributed by atoms with E-state index in [0.29, 0.717) is 11.6 Å². The SMILES string of the molecule is Cn1cccc1/C=N\NC(=O)CSc1nc2ccccc2n1Cc1ccc(Cl)cc1. The van der Waals surface area contributed by atoms with Gasteiger partial charge in [-0.3, -0.25) is 4.79 Å². The van der Waals surface area contributed by atoms with E-state index < -0.39 is 0 Å². The Hall–Kier alpha value is -3.03. The van der Waals surface area contributed by atoms with Gasteiger partial charge in [0.25, 0.3) is 5.91 Å². The first-order valence-corrected chi connectivity index (χ1v) is 10.7. The van der Waals surface area contributed by atoms with Crippen molar-refractivity contribution in [2.24, 2.45) is 12.1 Å². The number of benzene rings is 2. The lowest BCUT2D eigenvalue weighted by Crippen LogP contribution is -2.20. The van der Waals surface area contributed by atoms with Crippen LogP contribution in [-0.2, 0) is 18.4 Å². The Morgan fingerprint density at radius 3 is 2.73 bits per heavy atom. The molecular weight excluding hydrogens is 418 g/mol. The number of nitrogens with zero attached hydrogens (tertiary/aromatic N) is 4. The molecule has 6 nitrogen and oxygen atoms in total. The van der Waals surface area contributed by atoms with Crippen LogP contribution >= 0.6 is 23.4 Å². The van der Waals surface area contributed by atoms with E-state index >= 15 is 0 Å². The van der Waals surface area contributed by atoms with Crippen molar-refractivity contribution in [3.8, 4) is 0 Å². The average molecular weight is 438 g/mol. The van der Waals surface area contributed by atoms with Crippen LogP contribution in [0.25, 0.3) is 11.0 Å². The number of fused-ring (bicyclic) bond motifs is 1. The van der Waals surface area contributed by atoms with Gasteiger partial charge >= 0.3 is 0 Å². The number of aryl methyl sites for hydroxylation is 1. The predicted octanol–water partition coefficient (Wildman–Crippen LogP) is 4.32. The first-order chi connectivity index (χ1) is 14.6. The summed E-state index contributed by atoms with van der Waals surface area (Å²) in [5, 5.41) is 5.52. The number of aromatic nitrogens is 3. The van der Waals surface area contributed by atoms with Crippen LogP contribution in [0.2, 0.25) is 5.02 Å². The molecule has 0 aliphatic carbocycles. The molecule has 0 saturated heterocycles. The van der Waals surface area contributed by atoms with Gasteiger partial charge in [0.05, 0.1) is 35.2 Å². The first kappa shape index (κ1) is 20.3. The molecule has 2 aromatic carbocycles. The van der Waals surface area contributed by atoms with Gasteiger partial charge in [-0.2, -0.15) is 5.10 Å². The van der Waals surface area contributed by atoms with Crippen molar-refractivity contribution in [1.29, 1.82) is 0 Å². The Morgan fingerprint density at radius 1 is 1.17 bits per heavy atom. The maximum atomic E-state index is 12.2. The van der Waals surface area contributed by atoms with E-state index in [1.54, 1.807) is 6.21 Å². The number of carbonyl (C=O) groups is 1. The minimum Gasteiger partial charge on any atom is -0.350 e. The molecule has 1 N–H and O–H groups in total. The number of thioether (sulfide) groups is 1. The number of hydrazone groups is 1. The predicted molar refractivity (Wildman–Crippen MR) is 122 cm³/mol. The molecule has 2 aromatic heterocycles. The van der Waals surface area contributed by atoms with Crippen LogP contribution in [0.15, 0.2) is 77.1 Å². The number of nitrogens with one attached hydrogen (secondary N) is 1. The van der Waals surface area contributed by atoms with Crippen LogP contribution in [0.4, 0.5) is 0 Å². The van der Waals surface area contributed by atoms with E-state index in [1.807, 2.05) is 78.5 Å². The number of hydrogen-bond acceptors (Lipinski definition) is 4. The molecule has 152 valence electrons. The molecule has 0 aliphatic rings. The maximum Gasteiger partial charge on any atom is 0.250 e. The number of rotatable bonds is 7. The minimum atomic E-state index is -0.185. The molecule has 0 aliphatic heterocycles. The van der Waals surface area contributed by atoms with Crippen molar-refractivity contribution in [2.75, 3.05) is 5.75 Å². The van der Waals surface area contributed by atoms with Crippen molar-refractivity contribution in [1.82, 2.24) is 19.5 Å². The second kappa shape index (κ2) is 9.19. The van der Waals surface area contributed by atoms with Crippen LogP contribution in [-0.4, -0.2) is 32.0 Å². The maximum absolute atomic E-state index is 12.2. The van der Waals surface area contributed by atoms with Gasteiger partial charge < -0.3 is 9.13 Å². The second-order valence-electron chi connectivity index (χ2n) is 6.72. The largest absolute Gasteiger partial charge is 0.350 e.